The van der Waals surface area contributed by atoms with Gasteiger partial charge < -0.3 is 14.6 Å². The lowest BCUT2D eigenvalue weighted by molar-refractivity contribution is -0.125. The lowest BCUT2D eigenvalue weighted by atomic mass is 10.1. The zero-order valence-corrected chi connectivity index (χ0v) is 16.8. The molecular formula is C21H26N2O3S. The zero-order valence-electron chi connectivity index (χ0n) is 16.0. The molecule has 0 spiro atoms. The zero-order chi connectivity index (χ0) is 19.4. The van der Waals surface area contributed by atoms with Gasteiger partial charge in [-0.1, -0.05) is 31.5 Å². The van der Waals surface area contributed by atoms with Crippen molar-refractivity contribution < 1.29 is 14.0 Å². The van der Waals surface area contributed by atoms with Crippen LogP contribution >= 0.6 is 11.8 Å². The molecule has 1 saturated heterocycles. The van der Waals surface area contributed by atoms with E-state index in [0.717, 1.165) is 12.0 Å². The Labute approximate surface area is 164 Å². The van der Waals surface area contributed by atoms with E-state index in [0.29, 0.717) is 29.5 Å². The molecule has 1 N–H and O–H groups in total. The van der Waals surface area contributed by atoms with Crippen molar-refractivity contribution in [1.82, 2.24) is 10.2 Å². The van der Waals surface area contributed by atoms with Crippen LogP contribution in [0.25, 0.3) is 0 Å². The number of hydrogen-bond donors (Lipinski definition) is 1. The summed E-state index contributed by atoms with van der Waals surface area (Å²) >= 11 is 1.69. The predicted molar refractivity (Wildman–Crippen MR) is 107 cm³/mol. The van der Waals surface area contributed by atoms with Crippen LogP contribution in [0, 0.1) is 12.8 Å². The van der Waals surface area contributed by atoms with Gasteiger partial charge in [0.1, 0.15) is 11.8 Å². The number of nitrogens with one attached hydrogen (secondary N) is 1. The Hall–Kier alpha value is -2.21. The van der Waals surface area contributed by atoms with Gasteiger partial charge in [-0.15, -0.1) is 11.8 Å². The normalized spacial score (nSPS) is 19.5. The van der Waals surface area contributed by atoms with Crippen molar-refractivity contribution >= 4 is 23.6 Å². The van der Waals surface area contributed by atoms with Gasteiger partial charge in [0.05, 0.1) is 18.2 Å². The third-order valence-electron chi connectivity index (χ3n) is 4.62. The van der Waals surface area contributed by atoms with Gasteiger partial charge in [-0.3, -0.25) is 9.59 Å². The Morgan fingerprint density at radius 3 is 2.63 bits per heavy atom. The van der Waals surface area contributed by atoms with E-state index in [4.69, 9.17) is 4.42 Å². The molecule has 27 heavy (non-hydrogen) atoms. The first-order valence-corrected chi connectivity index (χ1v) is 10.3. The molecule has 2 aromatic rings. The van der Waals surface area contributed by atoms with E-state index >= 15 is 0 Å². The van der Waals surface area contributed by atoms with E-state index in [2.05, 4.69) is 19.2 Å². The van der Waals surface area contributed by atoms with E-state index in [1.54, 1.807) is 29.0 Å². The molecule has 0 radical (unpaired) electrons. The van der Waals surface area contributed by atoms with Crippen molar-refractivity contribution in [3.8, 4) is 0 Å². The molecule has 144 valence electrons. The number of benzene rings is 1. The molecule has 2 heterocycles. The number of carbonyl (C=O) groups is 2. The Bertz CT molecular complexity index is 771. The number of aryl methyl sites for hydroxylation is 1. The minimum Gasteiger partial charge on any atom is -0.467 e. The standard InChI is InChI=1S/C21H26N2O3S/c1-14(2)11-19-23(21(25)16-8-6-15(3)7-9-16)18(13-27-19)20(24)22-12-17-5-4-10-26-17/h4-10,14,18-19H,11-13H2,1-3H3,(H,22,24). The highest BCUT2D eigenvalue weighted by atomic mass is 32.2. The maximum atomic E-state index is 13.2. The maximum absolute atomic E-state index is 13.2. The van der Waals surface area contributed by atoms with E-state index in [1.165, 1.54) is 0 Å². The lowest BCUT2D eigenvalue weighted by Crippen LogP contribution is -2.49. The minimum absolute atomic E-state index is 0.0122. The number of nitrogens with zero attached hydrogens (tertiary/aromatic N) is 1. The van der Waals surface area contributed by atoms with Crippen molar-refractivity contribution in [3.05, 3.63) is 59.5 Å². The van der Waals surface area contributed by atoms with Gasteiger partial charge in [0, 0.05) is 11.3 Å². The van der Waals surface area contributed by atoms with Gasteiger partial charge in [-0.2, -0.15) is 0 Å². The molecule has 6 heteroatoms. The number of rotatable bonds is 6. The van der Waals surface area contributed by atoms with Gasteiger partial charge in [-0.25, -0.2) is 0 Å². The van der Waals surface area contributed by atoms with Crippen molar-refractivity contribution in [2.24, 2.45) is 5.92 Å². The van der Waals surface area contributed by atoms with Crippen LogP contribution in [0.3, 0.4) is 0 Å². The van der Waals surface area contributed by atoms with Gasteiger partial charge in [-0.05, 0) is 43.5 Å². The molecule has 5 nitrogen and oxygen atoms in total. The van der Waals surface area contributed by atoms with Gasteiger partial charge >= 0.3 is 0 Å². The monoisotopic (exact) mass is 386 g/mol. The van der Waals surface area contributed by atoms with Gasteiger partial charge in [0.2, 0.25) is 5.91 Å². The third-order valence-corrected chi connectivity index (χ3v) is 5.93. The molecule has 0 saturated carbocycles. The first kappa shape index (κ1) is 19.5. The highest BCUT2D eigenvalue weighted by Crippen LogP contribution is 2.34. The van der Waals surface area contributed by atoms with Crippen molar-refractivity contribution in [2.45, 2.75) is 45.2 Å². The fourth-order valence-electron chi connectivity index (χ4n) is 3.17. The fraction of sp³-hybridized carbons (Fsp3) is 0.429. The summed E-state index contributed by atoms with van der Waals surface area (Å²) in [6.45, 7) is 6.60. The summed E-state index contributed by atoms with van der Waals surface area (Å²) in [5.41, 5.74) is 1.73. The minimum atomic E-state index is -0.470. The molecule has 1 aliphatic heterocycles. The molecule has 2 amide bonds. The second-order valence-corrected chi connectivity index (χ2v) is 8.52. The van der Waals surface area contributed by atoms with Crippen molar-refractivity contribution in [3.63, 3.8) is 0 Å². The molecule has 0 aliphatic carbocycles. The number of thioether (sulfide) groups is 1. The average Bonchev–Trinajstić information content (AvgIpc) is 3.29. The summed E-state index contributed by atoms with van der Waals surface area (Å²) < 4.78 is 5.27. The van der Waals surface area contributed by atoms with E-state index in [-0.39, 0.29) is 17.2 Å². The van der Waals surface area contributed by atoms with Crippen LogP contribution in [0.2, 0.25) is 0 Å². The molecule has 0 bridgehead atoms. The average molecular weight is 387 g/mol. The number of hydrogen-bond acceptors (Lipinski definition) is 4. The van der Waals surface area contributed by atoms with Crippen LogP contribution in [0.4, 0.5) is 0 Å². The third kappa shape index (κ3) is 4.75. The quantitative estimate of drug-likeness (QED) is 0.819. The van der Waals surface area contributed by atoms with Gasteiger partial charge in [0.15, 0.2) is 0 Å². The van der Waals surface area contributed by atoms with Crippen LogP contribution < -0.4 is 5.32 Å². The summed E-state index contributed by atoms with van der Waals surface area (Å²) in [6.07, 6.45) is 2.45. The first-order valence-electron chi connectivity index (χ1n) is 9.26. The molecule has 1 fully saturated rings. The summed E-state index contributed by atoms with van der Waals surface area (Å²) in [6, 6.07) is 10.7. The van der Waals surface area contributed by atoms with Crippen LogP contribution in [-0.2, 0) is 11.3 Å². The van der Waals surface area contributed by atoms with Crippen LogP contribution in [0.1, 0.15) is 41.9 Å². The van der Waals surface area contributed by atoms with E-state index < -0.39 is 6.04 Å². The van der Waals surface area contributed by atoms with E-state index in [9.17, 15) is 9.59 Å². The highest BCUT2D eigenvalue weighted by molar-refractivity contribution is 8.00. The Morgan fingerprint density at radius 2 is 2.00 bits per heavy atom. The molecular weight excluding hydrogens is 360 g/mol. The molecule has 1 aromatic carbocycles. The molecule has 2 unspecified atom stereocenters. The SMILES string of the molecule is Cc1ccc(C(=O)N2C(CC(C)C)SCC2C(=O)NCc2ccco2)cc1. The molecule has 2 atom stereocenters. The summed E-state index contributed by atoms with van der Waals surface area (Å²) in [5, 5.41) is 2.92. The topological polar surface area (TPSA) is 62.6 Å². The van der Waals surface area contributed by atoms with Crippen molar-refractivity contribution in [1.29, 1.82) is 0 Å². The number of amides is 2. The second kappa shape index (κ2) is 8.65. The maximum Gasteiger partial charge on any atom is 0.255 e. The Balaban J connectivity index is 1.77. The summed E-state index contributed by atoms with van der Waals surface area (Å²) in [4.78, 5) is 27.8. The fourth-order valence-corrected chi connectivity index (χ4v) is 4.81. The largest absolute Gasteiger partial charge is 0.467 e. The van der Waals surface area contributed by atoms with Crippen molar-refractivity contribution in [2.75, 3.05) is 5.75 Å². The molecule has 1 aliphatic rings. The van der Waals surface area contributed by atoms with Gasteiger partial charge in [0.25, 0.3) is 5.91 Å². The first-order chi connectivity index (χ1) is 13.0. The second-order valence-electron chi connectivity index (χ2n) is 7.31. The number of carbonyl (C=O) groups excluding carboxylic acids is 2. The smallest absolute Gasteiger partial charge is 0.255 e. The summed E-state index contributed by atoms with van der Waals surface area (Å²) in [7, 11) is 0. The molecule has 3 rings (SSSR count). The molecule has 1 aromatic heterocycles. The predicted octanol–water partition coefficient (Wildman–Crippen LogP) is 3.83. The van der Waals surface area contributed by atoms with Crippen LogP contribution in [0.15, 0.2) is 47.1 Å². The number of furan rings is 1. The Morgan fingerprint density at radius 1 is 1.26 bits per heavy atom. The summed E-state index contributed by atoms with van der Waals surface area (Å²) in [5.74, 6) is 1.54. The van der Waals surface area contributed by atoms with E-state index in [1.807, 2.05) is 37.3 Å². The highest BCUT2D eigenvalue weighted by Gasteiger charge is 2.41. The lowest BCUT2D eigenvalue weighted by Gasteiger charge is -2.30. The Kier molecular flexibility index (Phi) is 6.26. The van der Waals surface area contributed by atoms with Crippen LogP contribution in [-0.4, -0.2) is 33.9 Å². The van der Waals surface area contributed by atoms with Crippen LogP contribution in [0.5, 0.6) is 0 Å².